The van der Waals surface area contributed by atoms with E-state index < -0.39 is 0 Å². The van der Waals surface area contributed by atoms with E-state index in [2.05, 4.69) is 15.3 Å². The molecule has 0 aliphatic heterocycles. The van der Waals surface area contributed by atoms with E-state index in [9.17, 15) is 9.59 Å². The van der Waals surface area contributed by atoms with Gasteiger partial charge in [0.15, 0.2) is 10.8 Å². The van der Waals surface area contributed by atoms with Gasteiger partial charge in [0, 0.05) is 18.1 Å². The van der Waals surface area contributed by atoms with Gasteiger partial charge in [-0.3, -0.25) is 14.2 Å². The SMILES string of the molecule is CC(C)Cn1c(SCC(=O)NC(C)c2cc3ccccc3o2)nc2ncccc2c1=O. The van der Waals surface area contributed by atoms with Gasteiger partial charge in [0.25, 0.3) is 5.56 Å². The second-order valence-electron chi connectivity index (χ2n) is 7.84. The zero-order valence-corrected chi connectivity index (χ0v) is 18.5. The van der Waals surface area contributed by atoms with Crippen LogP contribution in [0.3, 0.4) is 0 Å². The largest absolute Gasteiger partial charge is 0.459 e. The van der Waals surface area contributed by atoms with E-state index in [-0.39, 0.29) is 29.2 Å². The Morgan fingerprint density at radius 2 is 2.00 bits per heavy atom. The Kier molecular flexibility index (Phi) is 6.08. The number of pyridine rings is 1. The van der Waals surface area contributed by atoms with Gasteiger partial charge in [0.1, 0.15) is 11.3 Å². The first-order valence-corrected chi connectivity index (χ1v) is 11.2. The zero-order chi connectivity index (χ0) is 22.0. The lowest BCUT2D eigenvalue weighted by Gasteiger charge is -2.15. The molecule has 1 N–H and O–H groups in total. The molecule has 3 heterocycles. The Bertz CT molecular complexity index is 1260. The average molecular weight is 437 g/mol. The summed E-state index contributed by atoms with van der Waals surface area (Å²) in [5.41, 5.74) is 1.05. The molecule has 7 nitrogen and oxygen atoms in total. The quantitative estimate of drug-likeness (QED) is 0.346. The minimum Gasteiger partial charge on any atom is -0.459 e. The molecule has 0 saturated heterocycles. The van der Waals surface area contributed by atoms with Crippen LogP contribution in [0.5, 0.6) is 0 Å². The first-order valence-electron chi connectivity index (χ1n) is 10.2. The summed E-state index contributed by atoms with van der Waals surface area (Å²) >= 11 is 1.24. The number of nitrogens with zero attached hydrogens (tertiary/aromatic N) is 3. The maximum atomic E-state index is 12.9. The molecule has 31 heavy (non-hydrogen) atoms. The molecule has 160 valence electrons. The van der Waals surface area contributed by atoms with Gasteiger partial charge in [-0.15, -0.1) is 0 Å². The Balaban J connectivity index is 1.50. The summed E-state index contributed by atoms with van der Waals surface area (Å²) in [6.45, 7) is 6.48. The molecule has 0 aliphatic rings. The molecule has 0 radical (unpaired) electrons. The van der Waals surface area contributed by atoms with Crippen molar-refractivity contribution in [1.82, 2.24) is 19.9 Å². The summed E-state index contributed by atoms with van der Waals surface area (Å²) in [7, 11) is 0. The number of hydrogen-bond donors (Lipinski definition) is 1. The molecule has 1 unspecified atom stereocenters. The van der Waals surface area contributed by atoms with Crippen molar-refractivity contribution in [2.45, 2.75) is 38.5 Å². The molecule has 1 amide bonds. The van der Waals surface area contributed by atoms with Crippen molar-refractivity contribution in [2.75, 3.05) is 5.75 Å². The number of furan rings is 1. The second kappa shape index (κ2) is 8.93. The maximum Gasteiger partial charge on any atom is 0.263 e. The highest BCUT2D eigenvalue weighted by molar-refractivity contribution is 7.99. The Morgan fingerprint density at radius 1 is 1.19 bits per heavy atom. The van der Waals surface area contributed by atoms with Crippen molar-refractivity contribution in [1.29, 1.82) is 0 Å². The van der Waals surface area contributed by atoms with E-state index in [0.29, 0.717) is 28.5 Å². The summed E-state index contributed by atoms with van der Waals surface area (Å²) in [6, 6.07) is 12.8. The number of carbonyl (C=O) groups excluding carboxylic acids is 1. The second-order valence-corrected chi connectivity index (χ2v) is 8.79. The van der Waals surface area contributed by atoms with E-state index >= 15 is 0 Å². The fraction of sp³-hybridized carbons (Fsp3) is 0.304. The van der Waals surface area contributed by atoms with Crippen molar-refractivity contribution >= 4 is 39.7 Å². The van der Waals surface area contributed by atoms with E-state index in [1.54, 1.807) is 22.9 Å². The van der Waals surface area contributed by atoms with Crippen LogP contribution >= 0.6 is 11.8 Å². The number of rotatable bonds is 7. The summed E-state index contributed by atoms with van der Waals surface area (Å²) in [5.74, 6) is 0.927. The molecule has 0 saturated carbocycles. The van der Waals surface area contributed by atoms with Crippen LogP contribution < -0.4 is 10.9 Å². The standard InChI is InChI=1S/C23H24N4O3S/c1-14(2)12-27-22(29)17-8-6-10-24-21(17)26-23(27)31-13-20(28)25-15(3)19-11-16-7-4-5-9-18(16)30-19/h4-11,14-15H,12-13H2,1-3H3,(H,25,28). The highest BCUT2D eigenvalue weighted by atomic mass is 32.2. The summed E-state index contributed by atoms with van der Waals surface area (Å²) in [6.07, 6.45) is 1.61. The van der Waals surface area contributed by atoms with Gasteiger partial charge in [0.05, 0.1) is 17.2 Å². The van der Waals surface area contributed by atoms with Crippen LogP contribution in [0.4, 0.5) is 0 Å². The van der Waals surface area contributed by atoms with Gasteiger partial charge in [-0.25, -0.2) is 9.97 Å². The number of carbonyl (C=O) groups is 1. The molecule has 8 heteroatoms. The molecule has 1 atom stereocenters. The first-order chi connectivity index (χ1) is 14.9. The fourth-order valence-electron chi connectivity index (χ4n) is 3.37. The monoisotopic (exact) mass is 436 g/mol. The summed E-state index contributed by atoms with van der Waals surface area (Å²) < 4.78 is 7.47. The van der Waals surface area contributed by atoms with Crippen LogP contribution in [-0.4, -0.2) is 26.2 Å². The molecule has 0 aliphatic carbocycles. The topological polar surface area (TPSA) is 90.0 Å². The van der Waals surface area contributed by atoms with Gasteiger partial charge in [-0.1, -0.05) is 43.8 Å². The van der Waals surface area contributed by atoms with E-state index in [4.69, 9.17) is 4.42 Å². The number of fused-ring (bicyclic) bond motifs is 2. The van der Waals surface area contributed by atoms with Crippen LogP contribution in [0.2, 0.25) is 0 Å². The molecular formula is C23H24N4O3S. The van der Waals surface area contributed by atoms with Crippen LogP contribution in [0.25, 0.3) is 22.0 Å². The van der Waals surface area contributed by atoms with Gasteiger partial charge in [-0.05, 0) is 37.1 Å². The predicted octanol–water partition coefficient (Wildman–Crippen LogP) is 4.16. The Hall–Kier alpha value is -3.13. The number of para-hydroxylation sites is 1. The number of thioether (sulfide) groups is 1. The normalized spacial score (nSPS) is 12.5. The lowest BCUT2D eigenvalue weighted by molar-refractivity contribution is -0.119. The molecule has 0 fully saturated rings. The Labute approximate surface area is 183 Å². The number of amides is 1. The van der Waals surface area contributed by atoms with Crippen LogP contribution in [0.1, 0.15) is 32.6 Å². The average Bonchev–Trinajstić information content (AvgIpc) is 3.19. The number of nitrogens with one attached hydrogen (secondary N) is 1. The van der Waals surface area contributed by atoms with Crippen LogP contribution in [0.15, 0.2) is 63.0 Å². The third-order valence-corrected chi connectivity index (χ3v) is 5.80. The molecular weight excluding hydrogens is 412 g/mol. The van der Waals surface area contributed by atoms with Crippen LogP contribution in [-0.2, 0) is 11.3 Å². The van der Waals surface area contributed by atoms with E-state index in [1.807, 2.05) is 51.1 Å². The van der Waals surface area contributed by atoms with E-state index in [1.165, 1.54) is 11.8 Å². The van der Waals surface area contributed by atoms with Crippen LogP contribution in [0, 0.1) is 5.92 Å². The van der Waals surface area contributed by atoms with Gasteiger partial charge in [-0.2, -0.15) is 0 Å². The third kappa shape index (κ3) is 4.64. The van der Waals surface area contributed by atoms with Crippen molar-refractivity contribution in [2.24, 2.45) is 5.92 Å². The highest BCUT2D eigenvalue weighted by Gasteiger charge is 2.17. The smallest absolute Gasteiger partial charge is 0.263 e. The number of benzene rings is 1. The lowest BCUT2D eigenvalue weighted by atomic mass is 10.2. The van der Waals surface area contributed by atoms with Crippen molar-refractivity contribution in [3.8, 4) is 0 Å². The minimum atomic E-state index is -0.274. The Morgan fingerprint density at radius 3 is 2.77 bits per heavy atom. The van der Waals surface area contributed by atoms with Gasteiger partial charge in [0.2, 0.25) is 5.91 Å². The lowest BCUT2D eigenvalue weighted by Crippen LogP contribution is -2.29. The molecule has 4 rings (SSSR count). The third-order valence-electron chi connectivity index (χ3n) is 4.82. The zero-order valence-electron chi connectivity index (χ0n) is 17.7. The van der Waals surface area contributed by atoms with Crippen molar-refractivity contribution in [3.63, 3.8) is 0 Å². The van der Waals surface area contributed by atoms with Gasteiger partial charge >= 0.3 is 0 Å². The predicted molar refractivity (Wildman–Crippen MR) is 122 cm³/mol. The van der Waals surface area contributed by atoms with Crippen molar-refractivity contribution < 1.29 is 9.21 Å². The fourth-order valence-corrected chi connectivity index (χ4v) is 4.18. The molecule has 1 aromatic carbocycles. The number of hydrogen-bond acceptors (Lipinski definition) is 6. The van der Waals surface area contributed by atoms with Crippen molar-refractivity contribution in [3.05, 3.63) is 64.8 Å². The maximum absolute atomic E-state index is 12.9. The summed E-state index contributed by atoms with van der Waals surface area (Å²) in [5, 5.41) is 4.93. The molecule has 0 bridgehead atoms. The van der Waals surface area contributed by atoms with E-state index in [0.717, 1.165) is 11.0 Å². The molecule has 4 aromatic rings. The molecule has 3 aromatic heterocycles. The minimum absolute atomic E-state index is 0.132. The highest BCUT2D eigenvalue weighted by Crippen LogP contribution is 2.24. The van der Waals surface area contributed by atoms with Gasteiger partial charge < -0.3 is 9.73 Å². The molecule has 0 spiro atoms. The number of aromatic nitrogens is 3. The summed E-state index contributed by atoms with van der Waals surface area (Å²) in [4.78, 5) is 34.3. The first kappa shape index (κ1) is 21.1.